The molecule has 2 aromatic rings. The van der Waals surface area contributed by atoms with Gasteiger partial charge >= 0.3 is 0 Å². The number of nitrogens with zero attached hydrogens (tertiary/aromatic N) is 3. The highest BCUT2D eigenvalue weighted by molar-refractivity contribution is 6.04. The van der Waals surface area contributed by atoms with Gasteiger partial charge in [0.2, 0.25) is 0 Å². The summed E-state index contributed by atoms with van der Waals surface area (Å²) in [6.45, 7) is 3.43. The topological polar surface area (TPSA) is 116 Å². The highest BCUT2D eigenvalue weighted by Gasteiger charge is 2.15. The Bertz CT molecular complexity index is 600. The predicted octanol–water partition coefficient (Wildman–Crippen LogP) is -0.243. The molecule has 0 aliphatic rings. The molecule has 0 fully saturated rings. The normalized spacial score (nSPS) is 10.2. The minimum Gasteiger partial charge on any atom is -0.326 e. The first-order chi connectivity index (χ1) is 8.08. The number of tetrazole rings is 1. The maximum atomic E-state index is 11.8. The second kappa shape index (κ2) is 4.16. The first kappa shape index (κ1) is 11.0. The summed E-state index contributed by atoms with van der Waals surface area (Å²) in [6.07, 6.45) is 0. The van der Waals surface area contributed by atoms with Crippen LogP contribution in [0, 0.1) is 13.8 Å². The van der Waals surface area contributed by atoms with Crippen molar-refractivity contribution in [1.29, 1.82) is 0 Å². The number of aromatic amines is 2. The minimum atomic E-state index is -0.565. The standard InChI is InChI=1S/C9H10N6O2/c1-4-3-5(2)10-7(16)6(4)8(17)11-9-12-14-15-13-9/h3H,1-2H3,(H,10,16)(H2,11,12,13,14,15,17). The van der Waals surface area contributed by atoms with Crippen LogP contribution in [0.4, 0.5) is 5.95 Å². The number of H-pyrrole nitrogens is 2. The molecule has 2 rings (SSSR count). The molecule has 0 aliphatic heterocycles. The molecular weight excluding hydrogens is 224 g/mol. The van der Waals surface area contributed by atoms with E-state index < -0.39 is 11.5 Å². The summed E-state index contributed by atoms with van der Waals surface area (Å²) in [4.78, 5) is 26.0. The Morgan fingerprint density at radius 1 is 1.41 bits per heavy atom. The van der Waals surface area contributed by atoms with Crippen molar-refractivity contribution < 1.29 is 4.79 Å². The number of amides is 1. The van der Waals surface area contributed by atoms with E-state index in [1.807, 2.05) is 0 Å². The van der Waals surface area contributed by atoms with Gasteiger partial charge in [-0.05, 0) is 30.7 Å². The molecule has 17 heavy (non-hydrogen) atoms. The van der Waals surface area contributed by atoms with Crippen LogP contribution in [0.15, 0.2) is 10.9 Å². The van der Waals surface area contributed by atoms with Crippen LogP contribution >= 0.6 is 0 Å². The Morgan fingerprint density at radius 2 is 2.18 bits per heavy atom. The zero-order valence-electron chi connectivity index (χ0n) is 9.24. The molecule has 3 N–H and O–H groups in total. The zero-order valence-corrected chi connectivity index (χ0v) is 9.24. The fraction of sp³-hybridized carbons (Fsp3) is 0.222. The van der Waals surface area contributed by atoms with Crippen molar-refractivity contribution in [1.82, 2.24) is 25.6 Å². The molecule has 8 heteroatoms. The van der Waals surface area contributed by atoms with Gasteiger partial charge in [-0.3, -0.25) is 14.9 Å². The average molecular weight is 234 g/mol. The highest BCUT2D eigenvalue weighted by Crippen LogP contribution is 2.05. The molecule has 0 saturated carbocycles. The van der Waals surface area contributed by atoms with Crippen LogP contribution < -0.4 is 10.9 Å². The monoisotopic (exact) mass is 234 g/mol. The molecule has 88 valence electrons. The van der Waals surface area contributed by atoms with Gasteiger partial charge in [0.15, 0.2) is 0 Å². The predicted molar refractivity (Wildman–Crippen MR) is 58.7 cm³/mol. The van der Waals surface area contributed by atoms with E-state index in [-0.39, 0.29) is 11.5 Å². The Labute approximate surface area is 95.4 Å². The molecule has 0 spiro atoms. The van der Waals surface area contributed by atoms with Crippen LogP contribution in [-0.2, 0) is 0 Å². The molecule has 2 aromatic heterocycles. The number of pyridine rings is 1. The van der Waals surface area contributed by atoms with Gasteiger partial charge in [-0.2, -0.15) is 5.21 Å². The maximum Gasteiger partial charge on any atom is 0.270 e. The fourth-order valence-corrected chi connectivity index (χ4v) is 1.51. The Balaban J connectivity index is 2.35. The van der Waals surface area contributed by atoms with Crippen LogP contribution in [-0.4, -0.2) is 31.5 Å². The molecule has 0 saturated heterocycles. The maximum absolute atomic E-state index is 11.8. The first-order valence-electron chi connectivity index (χ1n) is 4.83. The third-order valence-electron chi connectivity index (χ3n) is 2.16. The van der Waals surface area contributed by atoms with Crippen LogP contribution in [0.3, 0.4) is 0 Å². The number of anilines is 1. The van der Waals surface area contributed by atoms with E-state index in [9.17, 15) is 9.59 Å². The lowest BCUT2D eigenvalue weighted by atomic mass is 10.1. The van der Waals surface area contributed by atoms with Crippen molar-refractivity contribution >= 4 is 11.9 Å². The number of hydrogen-bond donors (Lipinski definition) is 3. The highest BCUT2D eigenvalue weighted by atomic mass is 16.2. The Kier molecular flexibility index (Phi) is 2.69. The number of hydrogen-bond acceptors (Lipinski definition) is 5. The molecule has 0 unspecified atom stereocenters. The number of carbonyl (C=O) groups is 1. The van der Waals surface area contributed by atoms with Crippen molar-refractivity contribution in [3.05, 3.63) is 33.2 Å². The molecule has 8 nitrogen and oxygen atoms in total. The first-order valence-corrected chi connectivity index (χ1v) is 4.83. The van der Waals surface area contributed by atoms with Gasteiger partial charge in [-0.1, -0.05) is 5.10 Å². The van der Waals surface area contributed by atoms with Gasteiger partial charge < -0.3 is 4.98 Å². The van der Waals surface area contributed by atoms with Crippen LogP contribution in [0.1, 0.15) is 21.6 Å². The fourth-order valence-electron chi connectivity index (χ4n) is 1.51. The summed E-state index contributed by atoms with van der Waals surface area (Å²) >= 11 is 0. The molecule has 0 bridgehead atoms. The smallest absolute Gasteiger partial charge is 0.270 e. The third-order valence-corrected chi connectivity index (χ3v) is 2.16. The van der Waals surface area contributed by atoms with E-state index in [1.165, 1.54) is 0 Å². The number of aromatic nitrogens is 5. The lowest BCUT2D eigenvalue weighted by Crippen LogP contribution is -2.25. The number of nitrogens with one attached hydrogen (secondary N) is 3. The number of carbonyl (C=O) groups excluding carboxylic acids is 1. The SMILES string of the molecule is Cc1cc(C)c(C(=O)Nc2nn[nH]n2)c(=O)[nH]1. The Morgan fingerprint density at radius 3 is 2.76 bits per heavy atom. The lowest BCUT2D eigenvalue weighted by molar-refractivity contribution is 0.102. The van der Waals surface area contributed by atoms with Crippen molar-refractivity contribution in [2.24, 2.45) is 0 Å². The van der Waals surface area contributed by atoms with Gasteiger partial charge in [0.05, 0.1) is 0 Å². The number of rotatable bonds is 2. The Hall–Kier alpha value is -2.51. The van der Waals surface area contributed by atoms with E-state index >= 15 is 0 Å². The van der Waals surface area contributed by atoms with E-state index in [2.05, 4.69) is 30.9 Å². The summed E-state index contributed by atoms with van der Waals surface area (Å²) in [5.74, 6) is -0.542. The van der Waals surface area contributed by atoms with Crippen molar-refractivity contribution in [3.63, 3.8) is 0 Å². The molecule has 0 aliphatic carbocycles. The summed E-state index contributed by atoms with van der Waals surface area (Å²) in [6, 6.07) is 1.71. The summed E-state index contributed by atoms with van der Waals surface area (Å²) in [7, 11) is 0. The van der Waals surface area contributed by atoms with E-state index in [1.54, 1.807) is 19.9 Å². The van der Waals surface area contributed by atoms with Crippen molar-refractivity contribution in [2.45, 2.75) is 13.8 Å². The average Bonchev–Trinajstić information content (AvgIpc) is 2.68. The second-order valence-electron chi connectivity index (χ2n) is 3.53. The molecule has 2 heterocycles. The quantitative estimate of drug-likeness (QED) is 0.662. The summed E-state index contributed by atoms with van der Waals surface area (Å²) < 4.78 is 0. The van der Waals surface area contributed by atoms with Gasteiger partial charge in [-0.15, -0.1) is 5.10 Å². The van der Waals surface area contributed by atoms with Crippen LogP contribution in [0.5, 0.6) is 0 Å². The molecule has 0 atom stereocenters. The van der Waals surface area contributed by atoms with Gasteiger partial charge in [0.1, 0.15) is 5.56 Å². The summed E-state index contributed by atoms with van der Waals surface area (Å²) in [5.41, 5.74) is 0.889. The zero-order chi connectivity index (χ0) is 12.4. The van der Waals surface area contributed by atoms with Crippen LogP contribution in [0.2, 0.25) is 0 Å². The largest absolute Gasteiger partial charge is 0.326 e. The molecule has 0 aromatic carbocycles. The molecule has 0 radical (unpaired) electrons. The number of aryl methyl sites for hydroxylation is 2. The van der Waals surface area contributed by atoms with Crippen molar-refractivity contribution in [3.8, 4) is 0 Å². The van der Waals surface area contributed by atoms with Gasteiger partial charge in [0, 0.05) is 5.69 Å². The second-order valence-corrected chi connectivity index (χ2v) is 3.53. The van der Waals surface area contributed by atoms with Crippen molar-refractivity contribution in [2.75, 3.05) is 5.32 Å². The van der Waals surface area contributed by atoms with E-state index in [0.29, 0.717) is 11.3 Å². The van der Waals surface area contributed by atoms with Gasteiger partial charge in [0.25, 0.3) is 17.4 Å². The summed E-state index contributed by atoms with van der Waals surface area (Å²) in [5, 5.41) is 15.0. The minimum absolute atomic E-state index is 0.0226. The van der Waals surface area contributed by atoms with Crippen LogP contribution in [0.25, 0.3) is 0 Å². The van der Waals surface area contributed by atoms with E-state index in [4.69, 9.17) is 0 Å². The lowest BCUT2D eigenvalue weighted by Gasteiger charge is -2.04. The third kappa shape index (κ3) is 2.19. The molecule has 1 amide bonds. The van der Waals surface area contributed by atoms with E-state index in [0.717, 1.165) is 0 Å². The molecular formula is C9H10N6O2. The van der Waals surface area contributed by atoms with Gasteiger partial charge in [-0.25, -0.2) is 0 Å².